The molecule has 3 aromatic carbocycles. The van der Waals surface area contributed by atoms with Gasteiger partial charge in [0.1, 0.15) is 17.3 Å². The highest BCUT2D eigenvalue weighted by Crippen LogP contribution is 2.33. The zero-order valence-electron chi connectivity index (χ0n) is 18.8. The van der Waals surface area contributed by atoms with E-state index in [0.717, 1.165) is 34.1 Å². The van der Waals surface area contributed by atoms with E-state index < -0.39 is 17.6 Å². The number of halogens is 2. The molecule has 0 saturated carbocycles. The lowest BCUT2D eigenvalue weighted by molar-refractivity contribution is 0.0812. The van der Waals surface area contributed by atoms with Crippen LogP contribution in [0.15, 0.2) is 54.6 Å². The SMILES string of the molecule is CCc1nc2c3ccc(F)cc3ccc2n1C.Cn1c(F)nc2c1-c1ccccc1C(=O)C2=O. The van der Waals surface area contributed by atoms with Crippen molar-refractivity contribution in [1.29, 1.82) is 0 Å². The van der Waals surface area contributed by atoms with Gasteiger partial charge in [0.05, 0.1) is 16.7 Å². The topological polar surface area (TPSA) is 69.8 Å². The predicted octanol–water partition coefficient (Wildman–Crippen LogP) is 5.03. The predicted molar refractivity (Wildman–Crippen MR) is 125 cm³/mol. The summed E-state index contributed by atoms with van der Waals surface area (Å²) < 4.78 is 29.8. The van der Waals surface area contributed by atoms with Gasteiger partial charge in [-0.1, -0.05) is 37.3 Å². The van der Waals surface area contributed by atoms with Crippen LogP contribution in [-0.4, -0.2) is 30.7 Å². The van der Waals surface area contributed by atoms with E-state index in [2.05, 4.69) is 21.5 Å². The number of carbonyl (C=O) groups excluding carboxylic acids is 2. The van der Waals surface area contributed by atoms with Crippen molar-refractivity contribution in [3.63, 3.8) is 0 Å². The van der Waals surface area contributed by atoms with Crippen LogP contribution in [0.4, 0.5) is 8.78 Å². The molecule has 2 aromatic heterocycles. The van der Waals surface area contributed by atoms with Gasteiger partial charge in [-0.15, -0.1) is 0 Å². The fraction of sp³-hybridized carbons (Fsp3) is 0.154. The van der Waals surface area contributed by atoms with E-state index in [0.29, 0.717) is 16.8 Å². The van der Waals surface area contributed by atoms with Gasteiger partial charge in [-0.25, -0.2) is 9.37 Å². The summed E-state index contributed by atoms with van der Waals surface area (Å²) in [5.41, 5.74) is 3.17. The van der Waals surface area contributed by atoms with Crippen molar-refractivity contribution in [3.05, 3.63) is 83.6 Å². The second kappa shape index (κ2) is 7.98. The molecule has 1 aliphatic rings. The maximum absolute atomic E-state index is 13.4. The van der Waals surface area contributed by atoms with Crippen LogP contribution in [-0.2, 0) is 20.5 Å². The first-order valence-corrected chi connectivity index (χ1v) is 10.8. The summed E-state index contributed by atoms with van der Waals surface area (Å²) in [6, 6.07) is 15.4. The van der Waals surface area contributed by atoms with Gasteiger partial charge in [0.15, 0.2) is 0 Å². The van der Waals surface area contributed by atoms with Crippen LogP contribution in [0, 0.1) is 11.9 Å². The lowest BCUT2D eigenvalue weighted by Crippen LogP contribution is -2.21. The Kier molecular flexibility index (Phi) is 5.08. The summed E-state index contributed by atoms with van der Waals surface area (Å²) >= 11 is 0. The number of hydrogen-bond acceptors (Lipinski definition) is 4. The van der Waals surface area contributed by atoms with Crippen LogP contribution in [0.5, 0.6) is 0 Å². The fourth-order valence-electron chi connectivity index (χ4n) is 4.38. The quantitative estimate of drug-likeness (QED) is 0.330. The second-order valence-electron chi connectivity index (χ2n) is 8.08. The number of Topliss-reactive ketones (excluding diaryl/α,β-unsaturated/α-hetero) is 2. The zero-order chi connectivity index (χ0) is 24.1. The van der Waals surface area contributed by atoms with Gasteiger partial charge in [-0.05, 0) is 29.7 Å². The average Bonchev–Trinajstić information content (AvgIpc) is 3.33. The van der Waals surface area contributed by atoms with Crippen molar-refractivity contribution in [3.8, 4) is 11.3 Å². The normalized spacial score (nSPS) is 12.5. The number of imidazole rings is 2. The van der Waals surface area contributed by atoms with Gasteiger partial charge in [-0.2, -0.15) is 9.37 Å². The van der Waals surface area contributed by atoms with Crippen LogP contribution in [0.25, 0.3) is 33.1 Å². The molecule has 0 aliphatic heterocycles. The summed E-state index contributed by atoms with van der Waals surface area (Å²) in [7, 11) is 3.49. The minimum Gasteiger partial charge on any atom is -0.331 e. The molecule has 0 bridgehead atoms. The summed E-state index contributed by atoms with van der Waals surface area (Å²) in [5, 5.41) is 1.91. The third kappa shape index (κ3) is 3.22. The molecule has 1 aliphatic carbocycles. The van der Waals surface area contributed by atoms with E-state index in [1.165, 1.54) is 17.7 Å². The standard InChI is InChI=1S/C14H13FN2.C12H7FN2O2/c1-3-13-16-14-11-6-5-10(15)8-9(11)4-7-12(14)17(13)2;1-15-9-6-4-2-3-5-7(6)10(16)11(17)8(9)14-12(15)13/h4-8H,3H2,1-2H3;2-5H,1H3. The van der Waals surface area contributed by atoms with E-state index in [4.69, 9.17) is 0 Å². The third-order valence-corrected chi connectivity index (χ3v) is 6.13. The summed E-state index contributed by atoms with van der Waals surface area (Å²) in [5.74, 6) is -0.537. The Hall–Kier alpha value is -4.20. The molecular weight excluding hydrogens is 438 g/mol. The molecule has 0 amide bonds. The molecule has 0 fully saturated rings. The Morgan fingerprint density at radius 1 is 0.853 bits per heavy atom. The van der Waals surface area contributed by atoms with Crippen molar-refractivity contribution < 1.29 is 18.4 Å². The van der Waals surface area contributed by atoms with E-state index >= 15 is 0 Å². The third-order valence-electron chi connectivity index (χ3n) is 6.13. The Labute approximate surface area is 193 Å². The molecular formula is C26H20F2N4O2. The van der Waals surface area contributed by atoms with E-state index in [1.807, 2.05) is 19.2 Å². The van der Waals surface area contributed by atoms with Crippen molar-refractivity contribution >= 4 is 33.4 Å². The van der Waals surface area contributed by atoms with Gasteiger partial charge in [0, 0.05) is 37.0 Å². The number of aryl methyl sites for hydroxylation is 2. The molecule has 170 valence electrons. The van der Waals surface area contributed by atoms with Crippen LogP contribution < -0.4 is 0 Å². The molecule has 6 nitrogen and oxygen atoms in total. The van der Waals surface area contributed by atoms with Crippen LogP contribution in [0.2, 0.25) is 0 Å². The minimum absolute atomic E-state index is 0.103. The first kappa shape index (κ1) is 21.6. The fourth-order valence-corrected chi connectivity index (χ4v) is 4.38. The maximum atomic E-state index is 13.4. The number of ketones is 2. The van der Waals surface area contributed by atoms with Gasteiger partial charge >= 0.3 is 0 Å². The highest BCUT2D eigenvalue weighted by Gasteiger charge is 2.34. The summed E-state index contributed by atoms with van der Waals surface area (Å²) in [6.45, 7) is 2.09. The molecule has 34 heavy (non-hydrogen) atoms. The number of aromatic nitrogens is 4. The van der Waals surface area contributed by atoms with Crippen LogP contribution in [0.3, 0.4) is 0 Å². The van der Waals surface area contributed by atoms with Gasteiger partial charge in [0.2, 0.25) is 5.78 Å². The monoisotopic (exact) mass is 458 g/mol. The highest BCUT2D eigenvalue weighted by molar-refractivity contribution is 6.52. The number of nitrogens with zero attached hydrogens (tertiary/aromatic N) is 4. The molecule has 0 atom stereocenters. The lowest BCUT2D eigenvalue weighted by Gasteiger charge is -2.14. The van der Waals surface area contributed by atoms with E-state index in [-0.39, 0.29) is 11.5 Å². The molecule has 0 spiro atoms. The van der Waals surface area contributed by atoms with Crippen molar-refractivity contribution in [2.24, 2.45) is 14.1 Å². The molecule has 5 aromatic rings. The molecule has 2 heterocycles. The maximum Gasteiger partial charge on any atom is 0.290 e. The van der Waals surface area contributed by atoms with Crippen LogP contribution in [0.1, 0.15) is 33.6 Å². The largest absolute Gasteiger partial charge is 0.331 e. The zero-order valence-corrected chi connectivity index (χ0v) is 18.8. The highest BCUT2D eigenvalue weighted by atomic mass is 19.1. The smallest absolute Gasteiger partial charge is 0.290 e. The molecule has 0 saturated heterocycles. The van der Waals surface area contributed by atoms with Gasteiger partial charge in [0.25, 0.3) is 11.9 Å². The molecule has 0 radical (unpaired) electrons. The van der Waals surface area contributed by atoms with E-state index in [1.54, 1.807) is 36.4 Å². The number of hydrogen-bond donors (Lipinski definition) is 0. The van der Waals surface area contributed by atoms with Crippen molar-refractivity contribution in [1.82, 2.24) is 19.1 Å². The van der Waals surface area contributed by atoms with Crippen LogP contribution >= 0.6 is 0 Å². The van der Waals surface area contributed by atoms with Crippen molar-refractivity contribution in [2.45, 2.75) is 13.3 Å². The van der Waals surface area contributed by atoms with E-state index in [9.17, 15) is 18.4 Å². The Bertz CT molecular complexity index is 1630. The molecule has 8 heteroatoms. The first-order chi connectivity index (χ1) is 16.3. The molecule has 0 N–H and O–H groups in total. The summed E-state index contributed by atoms with van der Waals surface area (Å²) in [4.78, 5) is 31.7. The lowest BCUT2D eigenvalue weighted by atomic mass is 9.90. The minimum atomic E-state index is -0.771. The number of fused-ring (bicyclic) bond motifs is 6. The summed E-state index contributed by atoms with van der Waals surface area (Å²) in [6.07, 6.45) is 0.126. The number of benzene rings is 3. The molecule has 0 unspecified atom stereocenters. The van der Waals surface area contributed by atoms with Crippen molar-refractivity contribution in [2.75, 3.05) is 0 Å². The van der Waals surface area contributed by atoms with Gasteiger partial charge in [-0.3, -0.25) is 9.59 Å². The number of carbonyl (C=O) groups is 2. The Morgan fingerprint density at radius 2 is 1.59 bits per heavy atom. The number of rotatable bonds is 1. The molecule has 6 rings (SSSR count). The van der Waals surface area contributed by atoms with Gasteiger partial charge < -0.3 is 9.13 Å². The Balaban J connectivity index is 0.000000142. The second-order valence-corrected chi connectivity index (χ2v) is 8.08. The Morgan fingerprint density at radius 3 is 2.32 bits per heavy atom. The first-order valence-electron chi connectivity index (χ1n) is 10.8. The average molecular weight is 458 g/mol.